The molecule has 0 bridgehead atoms. The number of nitrogens with zero attached hydrogens (tertiary/aromatic N) is 1. The van der Waals surface area contributed by atoms with Gasteiger partial charge in [-0.3, -0.25) is 0 Å². The molecule has 0 rings (SSSR count). The van der Waals surface area contributed by atoms with Crippen molar-refractivity contribution < 1.29 is 39.1 Å². The molecular weight excluding hydrogens is 149 g/mol. The molecule has 0 spiro atoms. The Kier molecular flexibility index (Phi) is 71.0. The number of carbonyl (C=O) groups is 1. The topological polar surface area (TPSA) is 107 Å². The van der Waals surface area contributed by atoms with Crippen LogP contribution in [0.3, 0.4) is 0 Å². The van der Waals surface area contributed by atoms with Crippen LogP contribution in [0.5, 0.6) is 0 Å². The molecule has 0 heterocycles. The Morgan fingerprint density at radius 2 is 1.36 bits per heavy atom. The Hall–Kier alpha value is -0.733. The molecule has 0 saturated carbocycles. The molecule has 6 nitrogen and oxygen atoms in total. The molecular formula is C4H11LiNO5+. The summed E-state index contributed by atoms with van der Waals surface area (Å²) in [5.74, 6) is 0. The zero-order chi connectivity index (χ0) is 8.99. The average Bonchev–Trinajstić information content (AvgIpc) is 1.65. The van der Waals surface area contributed by atoms with Gasteiger partial charge in [-0.05, 0) is 0 Å². The van der Waals surface area contributed by atoms with Crippen LogP contribution in [0, 0.1) is 4.91 Å². The van der Waals surface area contributed by atoms with Crippen molar-refractivity contribution in [2.45, 2.75) is 20.3 Å². The third-order valence-electron chi connectivity index (χ3n) is 0. The Balaban J connectivity index is -0.0000000325. The van der Waals surface area contributed by atoms with E-state index in [9.17, 15) is 0 Å². The third-order valence-corrected chi connectivity index (χ3v) is 0. The van der Waals surface area contributed by atoms with Gasteiger partial charge in [-0.25, -0.2) is 4.79 Å². The quantitative estimate of drug-likeness (QED) is 0.234. The molecule has 7 heteroatoms. The van der Waals surface area contributed by atoms with Gasteiger partial charge in [-0.15, -0.1) is 4.91 Å². The fourth-order valence-corrected chi connectivity index (χ4v) is 0. The van der Waals surface area contributed by atoms with Crippen molar-refractivity contribution >= 4 is 6.16 Å². The van der Waals surface area contributed by atoms with Gasteiger partial charge in [0.1, 0.15) is 0 Å². The van der Waals surface area contributed by atoms with Crippen LogP contribution < -0.4 is 18.9 Å². The predicted molar refractivity (Wildman–Crippen MR) is 34.2 cm³/mol. The summed E-state index contributed by atoms with van der Waals surface area (Å²) in [5.41, 5.74) is 0. The molecule has 0 radical (unpaired) electrons. The van der Waals surface area contributed by atoms with E-state index < -0.39 is 6.16 Å². The van der Waals surface area contributed by atoms with Crippen LogP contribution in [0.2, 0.25) is 0 Å². The second-order valence-electron chi connectivity index (χ2n) is 1.07. The first-order valence-electron chi connectivity index (χ1n) is 2.45. The second-order valence-corrected chi connectivity index (χ2v) is 1.07. The van der Waals surface area contributed by atoms with Crippen LogP contribution in [0.25, 0.3) is 0 Å². The molecule has 0 amide bonds. The monoisotopic (exact) mass is 160 g/mol. The van der Waals surface area contributed by atoms with Gasteiger partial charge in [0.05, 0.1) is 0 Å². The van der Waals surface area contributed by atoms with Gasteiger partial charge in [0.2, 0.25) is 0 Å². The van der Waals surface area contributed by atoms with Gasteiger partial charge in [-0.2, -0.15) is 0 Å². The normalized spacial score (nSPS) is 4.91. The molecule has 0 aliphatic rings. The number of hydrogen-bond donors (Lipinski definition) is 3. The summed E-state index contributed by atoms with van der Waals surface area (Å²) in [6.45, 7) is 4.25. The summed E-state index contributed by atoms with van der Waals surface area (Å²) in [5, 5.41) is 21.8. The second kappa shape index (κ2) is 34.8. The van der Waals surface area contributed by atoms with Gasteiger partial charge in [0.25, 0.3) is 0 Å². The first-order valence-corrected chi connectivity index (χ1v) is 2.45. The summed E-state index contributed by atoms with van der Waals surface area (Å²) in [4.78, 5) is 16.7. The molecule has 62 valence electrons. The molecule has 0 aliphatic heterocycles. The third kappa shape index (κ3) is 912. The first kappa shape index (κ1) is 22.4. The van der Waals surface area contributed by atoms with Crippen LogP contribution in [0.1, 0.15) is 20.3 Å². The van der Waals surface area contributed by atoms with E-state index in [2.05, 4.69) is 13.8 Å². The van der Waals surface area contributed by atoms with Gasteiger partial charge in [0, 0.05) is 0 Å². The molecule has 0 aromatic carbocycles. The minimum Gasteiger partial charge on any atom is -0.450 e. The van der Waals surface area contributed by atoms with E-state index in [1.165, 1.54) is 11.8 Å². The minimum atomic E-state index is -1.83. The summed E-state index contributed by atoms with van der Waals surface area (Å²) >= 11 is 0. The Morgan fingerprint density at radius 1 is 1.36 bits per heavy atom. The maximum Gasteiger partial charge on any atom is 1.00 e. The molecule has 0 atom stereocenters. The van der Waals surface area contributed by atoms with Crippen LogP contribution in [0.15, 0.2) is 5.34 Å². The van der Waals surface area contributed by atoms with Crippen LogP contribution in [-0.2, 0) is 0 Å². The van der Waals surface area contributed by atoms with E-state index in [-0.39, 0.29) is 18.9 Å². The summed E-state index contributed by atoms with van der Waals surface area (Å²) in [6.07, 6.45) is -0.583. The minimum absolute atomic E-state index is 0. The summed E-state index contributed by atoms with van der Waals surface area (Å²) in [6, 6.07) is 0. The van der Waals surface area contributed by atoms with E-state index in [1.54, 1.807) is 0 Å². The van der Waals surface area contributed by atoms with Crippen molar-refractivity contribution in [3.8, 4) is 0 Å². The summed E-state index contributed by atoms with van der Waals surface area (Å²) < 4.78 is 0. The fourth-order valence-electron chi connectivity index (χ4n) is 0. The number of rotatable bonds is 0. The molecule has 11 heavy (non-hydrogen) atoms. The average molecular weight is 160 g/mol. The van der Waals surface area contributed by atoms with E-state index in [4.69, 9.17) is 25.1 Å². The zero-order valence-corrected chi connectivity index (χ0v) is 6.81. The van der Waals surface area contributed by atoms with Gasteiger partial charge in [-0.1, -0.05) is 20.3 Å². The van der Waals surface area contributed by atoms with Crippen LogP contribution in [0.4, 0.5) is 4.79 Å². The SMILES string of the molecule is CCC.O=C(O)O.O=NO.[Li+]. The van der Waals surface area contributed by atoms with Crippen molar-refractivity contribution in [1.29, 1.82) is 0 Å². The fraction of sp³-hybridized carbons (Fsp3) is 0.750. The van der Waals surface area contributed by atoms with E-state index in [0.717, 1.165) is 0 Å². The predicted octanol–water partition coefficient (Wildman–Crippen LogP) is -1.22. The molecule has 0 fully saturated rings. The largest absolute Gasteiger partial charge is 1.00 e. The molecule has 0 unspecified atom stereocenters. The van der Waals surface area contributed by atoms with Crippen molar-refractivity contribution in [2.24, 2.45) is 5.34 Å². The summed E-state index contributed by atoms with van der Waals surface area (Å²) in [7, 11) is 0. The van der Waals surface area contributed by atoms with E-state index >= 15 is 0 Å². The van der Waals surface area contributed by atoms with Crippen LogP contribution in [-0.4, -0.2) is 21.6 Å². The maximum absolute atomic E-state index is 8.56. The Bertz CT molecular complexity index is 74.9. The standard InChI is InChI=1S/C3H8.CH2O3.Li.HNO2/c1-3-2;2-1(3)4;;2-1-3/h3H2,1-2H3;(H2,2,3,4);;(H,2,3)/q;;+1;. The van der Waals surface area contributed by atoms with E-state index in [0.29, 0.717) is 0 Å². The van der Waals surface area contributed by atoms with E-state index in [1.807, 2.05) is 0 Å². The van der Waals surface area contributed by atoms with Gasteiger partial charge >= 0.3 is 25.0 Å². The molecule has 0 aromatic heterocycles. The van der Waals surface area contributed by atoms with Gasteiger partial charge < -0.3 is 15.4 Å². The first-order chi connectivity index (χ1) is 4.56. The van der Waals surface area contributed by atoms with Gasteiger partial charge in [0.15, 0.2) is 5.34 Å². The van der Waals surface area contributed by atoms with Crippen molar-refractivity contribution in [1.82, 2.24) is 0 Å². The van der Waals surface area contributed by atoms with Crippen molar-refractivity contribution in [2.75, 3.05) is 0 Å². The smallest absolute Gasteiger partial charge is 0.450 e. The van der Waals surface area contributed by atoms with Crippen molar-refractivity contribution in [3.05, 3.63) is 4.91 Å². The maximum atomic E-state index is 8.56. The molecule has 0 aliphatic carbocycles. The Labute approximate surface area is 76.3 Å². The zero-order valence-electron chi connectivity index (χ0n) is 6.81. The Morgan fingerprint density at radius 3 is 1.36 bits per heavy atom. The molecule has 0 aromatic rings. The number of hydrogen-bond acceptors (Lipinski definition) is 3. The molecule has 0 saturated heterocycles. The van der Waals surface area contributed by atoms with Crippen molar-refractivity contribution in [3.63, 3.8) is 0 Å². The molecule has 3 N–H and O–H groups in total. The number of carboxylic acid groups (broad SMARTS) is 2. The van der Waals surface area contributed by atoms with Crippen LogP contribution >= 0.6 is 0 Å².